The van der Waals surface area contributed by atoms with E-state index in [0.717, 1.165) is 136 Å². The highest BCUT2D eigenvalue weighted by atomic mass is 32.1. The Bertz CT molecular complexity index is 3560. The molecule has 0 radical (unpaired) electrons. The van der Waals surface area contributed by atoms with Crippen LogP contribution in [0.4, 0.5) is 17.6 Å². The Morgan fingerprint density at radius 1 is 0.493 bits per heavy atom. The molecule has 4 heterocycles. The summed E-state index contributed by atoms with van der Waals surface area (Å²) in [6, 6.07) is 15.2. The van der Waals surface area contributed by atoms with Crippen molar-refractivity contribution in [2.45, 2.75) is 81.8 Å². The monoisotopic (exact) mass is 956 g/mol. The first-order valence-corrected chi connectivity index (χ1v) is 25.5. The molecule has 0 bridgehead atoms. The predicted octanol–water partition coefficient (Wildman–Crippen LogP) is 14.8. The van der Waals surface area contributed by atoms with Gasteiger partial charge in [-0.05, 0) is 163 Å². The first kappa shape index (κ1) is 41.5. The third-order valence-electron chi connectivity index (χ3n) is 15.9. The Labute approximate surface area is 401 Å². The lowest BCUT2D eigenvalue weighted by molar-refractivity contribution is -0.0339. The van der Waals surface area contributed by atoms with Crippen LogP contribution in [-0.4, -0.2) is 17.3 Å². The lowest BCUT2D eigenvalue weighted by atomic mass is 9.72. The van der Waals surface area contributed by atoms with E-state index < -0.39 is 46.0 Å². The summed E-state index contributed by atoms with van der Waals surface area (Å²) in [4.78, 5) is 45.6. The number of fused-ring (bicyclic) bond motifs is 13. The molecule has 2 aliphatic heterocycles. The van der Waals surface area contributed by atoms with Crippen molar-refractivity contribution >= 4 is 84.9 Å². The minimum atomic E-state index is -1.02. The molecule has 2 spiro atoms. The second-order valence-corrected chi connectivity index (χ2v) is 22.2. The van der Waals surface area contributed by atoms with Gasteiger partial charge in [-0.1, -0.05) is 25.0 Å². The van der Waals surface area contributed by atoms with Crippen molar-refractivity contribution < 1.29 is 41.4 Å². The van der Waals surface area contributed by atoms with E-state index in [1.54, 1.807) is 40.9 Å². The third-order valence-corrected chi connectivity index (χ3v) is 18.1. The Morgan fingerprint density at radius 2 is 0.928 bits per heavy atom. The van der Waals surface area contributed by atoms with Gasteiger partial charge in [0.15, 0.2) is 40.6 Å². The number of allylic oxidation sites excluding steroid dienone is 8. The van der Waals surface area contributed by atoms with Gasteiger partial charge in [0, 0.05) is 82.3 Å². The van der Waals surface area contributed by atoms with E-state index in [-0.39, 0.29) is 34.3 Å². The van der Waals surface area contributed by atoms with Crippen molar-refractivity contribution in [3.63, 3.8) is 0 Å². The van der Waals surface area contributed by atoms with Gasteiger partial charge in [0.1, 0.15) is 22.7 Å². The summed E-state index contributed by atoms with van der Waals surface area (Å²) in [6.45, 7) is 0. The van der Waals surface area contributed by atoms with Gasteiger partial charge in [-0.3, -0.25) is 14.4 Å². The molecule has 0 saturated heterocycles. The second-order valence-electron chi connectivity index (χ2n) is 20.0. The molecule has 4 aromatic carbocycles. The topological polar surface area (TPSA) is 69.7 Å². The van der Waals surface area contributed by atoms with Crippen molar-refractivity contribution in [1.29, 1.82) is 0 Å². The average molecular weight is 957 g/mol. The largest absolute Gasteiger partial charge is 0.482 e. The normalized spacial score (nSPS) is 23.0. The van der Waals surface area contributed by atoms with E-state index in [2.05, 4.69) is 36.4 Å². The number of hydrogen-bond donors (Lipinski definition) is 0. The van der Waals surface area contributed by atoms with Gasteiger partial charge in [0.2, 0.25) is 0 Å². The number of rotatable bonds is 2. The molecular weight excluding hydrogens is 917 g/mol. The minimum absolute atomic E-state index is 0.0218. The van der Waals surface area contributed by atoms with Gasteiger partial charge in [-0.15, -0.1) is 22.7 Å². The molecule has 342 valence electrons. The van der Waals surface area contributed by atoms with Crippen LogP contribution in [0.25, 0.3) is 44.8 Å². The van der Waals surface area contributed by atoms with Crippen LogP contribution in [0, 0.1) is 35.1 Å². The highest BCUT2D eigenvalue weighted by Gasteiger charge is 2.49. The zero-order chi connectivity index (χ0) is 46.7. The molecule has 2 aromatic heterocycles. The van der Waals surface area contributed by atoms with Crippen LogP contribution in [0.5, 0.6) is 0 Å². The quantitative estimate of drug-likeness (QED) is 0.0982. The SMILES string of the molecule is O=C1/C(=C/c2cc3c(s2)C2=CC4C=C5OC6(CCCCC6)c6cc(C=C7C(=O)c8cc9cc(F)c(F)cc9cc8C7=O)sc6C5=CC4C=C2OC32CCCCC2)Cc2cc3cc(F)c(F)cc3cc21. The molecule has 11 heteroatoms. The second kappa shape index (κ2) is 14.8. The van der Waals surface area contributed by atoms with Gasteiger partial charge in [0.05, 0.1) is 5.57 Å². The summed E-state index contributed by atoms with van der Waals surface area (Å²) >= 11 is 3.24. The lowest BCUT2D eigenvalue weighted by Crippen LogP contribution is -2.37. The maximum Gasteiger partial charge on any atom is 0.197 e. The van der Waals surface area contributed by atoms with E-state index in [9.17, 15) is 31.9 Å². The van der Waals surface area contributed by atoms with Crippen LogP contribution in [0.1, 0.15) is 131 Å². The fraction of sp³-hybridized carbons (Fsp3) is 0.259. The molecule has 2 saturated carbocycles. The van der Waals surface area contributed by atoms with Crippen LogP contribution < -0.4 is 0 Å². The third kappa shape index (κ3) is 6.21. The number of benzene rings is 4. The zero-order valence-electron chi connectivity index (χ0n) is 37.0. The maximum absolute atomic E-state index is 14.2. The number of Topliss-reactive ketones (excluding diaryl/α,β-unsaturated/α-hetero) is 3. The van der Waals surface area contributed by atoms with E-state index in [1.807, 2.05) is 6.08 Å². The molecule has 2 atom stereocenters. The number of thiophene rings is 2. The van der Waals surface area contributed by atoms with Gasteiger partial charge in [0.25, 0.3) is 0 Å². The molecular formula is C58H40F4O5S2. The van der Waals surface area contributed by atoms with Crippen LogP contribution >= 0.6 is 22.7 Å². The highest BCUT2D eigenvalue weighted by Crippen LogP contribution is 2.59. The summed E-state index contributed by atoms with van der Waals surface area (Å²) in [5.41, 5.74) is 5.62. The number of halogens is 4. The van der Waals surface area contributed by atoms with Crippen molar-refractivity contribution in [3.05, 3.63) is 184 Å². The van der Waals surface area contributed by atoms with Gasteiger partial charge < -0.3 is 9.47 Å². The minimum Gasteiger partial charge on any atom is -0.482 e. The zero-order valence-corrected chi connectivity index (χ0v) is 38.7. The molecule has 14 rings (SSSR count). The van der Waals surface area contributed by atoms with Crippen LogP contribution in [0.15, 0.2) is 108 Å². The lowest BCUT2D eigenvalue weighted by Gasteiger charge is -2.46. The van der Waals surface area contributed by atoms with Gasteiger partial charge in [-0.2, -0.15) is 0 Å². The van der Waals surface area contributed by atoms with E-state index in [0.29, 0.717) is 39.1 Å². The van der Waals surface area contributed by atoms with Crippen molar-refractivity contribution in [2.75, 3.05) is 0 Å². The number of hydrogen-bond acceptors (Lipinski definition) is 7. The molecule has 5 nitrogen and oxygen atoms in total. The Kier molecular flexibility index (Phi) is 8.90. The number of ether oxygens (including phenoxy) is 2. The predicted molar refractivity (Wildman–Crippen MR) is 260 cm³/mol. The summed E-state index contributed by atoms with van der Waals surface area (Å²) in [6.07, 6.45) is 23.0. The maximum atomic E-state index is 14.2. The molecule has 2 fully saturated rings. The van der Waals surface area contributed by atoms with Crippen LogP contribution in [0.2, 0.25) is 0 Å². The Hall–Kier alpha value is -6.43. The molecule has 69 heavy (non-hydrogen) atoms. The summed E-state index contributed by atoms with van der Waals surface area (Å²) in [7, 11) is 0. The highest BCUT2D eigenvalue weighted by molar-refractivity contribution is 7.14. The van der Waals surface area contributed by atoms with Crippen LogP contribution in [0.3, 0.4) is 0 Å². The number of carbonyl (C=O) groups is 3. The van der Waals surface area contributed by atoms with E-state index in [1.165, 1.54) is 23.8 Å². The van der Waals surface area contributed by atoms with Crippen molar-refractivity contribution in [1.82, 2.24) is 0 Å². The smallest absolute Gasteiger partial charge is 0.197 e. The number of carbonyl (C=O) groups excluding carboxylic acids is 3. The van der Waals surface area contributed by atoms with E-state index in [4.69, 9.17) is 9.47 Å². The van der Waals surface area contributed by atoms with Gasteiger partial charge in [-0.25, -0.2) is 17.6 Å². The summed E-state index contributed by atoms with van der Waals surface area (Å²) in [5, 5.41) is 1.76. The molecule has 0 N–H and O–H groups in total. The fourth-order valence-corrected chi connectivity index (χ4v) is 15.0. The fourth-order valence-electron chi connectivity index (χ4n) is 12.5. The average Bonchev–Trinajstić information content (AvgIpc) is 4.10. The van der Waals surface area contributed by atoms with Crippen molar-refractivity contribution in [3.8, 4) is 0 Å². The number of ketones is 3. The summed E-state index contributed by atoms with van der Waals surface area (Å²) in [5.74, 6) is -3.19. The van der Waals surface area contributed by atoms with Gasteiger partial charge >= 0.3 is 0 Å². The molecule has 6 aromatic rings. The first-order valence-electron chi connectivity index (χ1n) is 23.9. The van der Waals surface area contributed by atoms with E-state index >= 15 is 0 Å². The molecule has 0 amide bonds. The first-order chi connectivity index (χ1) is 33.4. The standard InChI is InChI=1S/C58H40F4O5S2/c59-46-19-28-11-34-12-35(52(63)38(34)14-29(28)20-47(46)60)13-36-26-44-55(68-36)41-17-32-24-51-42(18-33(32)23-50(41)66-57(44)7-3-1-4-8-57)56-45(58(67-51)9-5-2-6-10-58)27-37(69-56)25-43-53(64)39-15-30-21-48(61)49(62)22-31(30)16-40(39)54(43)65/h11,13-27,32-33H,1-10,12H2/b35-13+. The summed E-state index contributed by atoms with van der Waals surface area (Å²) < 4.78 is 71.1. The molecule has 2 unspecified atom stereocenters. The molecule has 8 aliphatic rings. The Morgan fingerprint density at radius 3 is 1.41 bits per heavy atom. The molecule has 6 aliphatic carbocycles. The van der Waals surface area contributed by atoms with Crippen molar-refractivity contribution in [2.24, 2.45) is 11.8 Å². The Balaban J connectivity index is 0.824. The van der Waals surface area contributed by atoms with Crippen LogP contribution in [-0.2, 0) is 27.1 Å².